The molecule has 2 aromatic rings. The summed E-state index contributed by atoms with van der Waals surface area (Å²) >= 11 is 0. The highest BCUT2D eigenvalue weighted by Gasteiger charge is 2.20. The maximum Gasteiger partial charge on any atom is 0.266 e. The number of hydrogen-bond acceptors (Lipinski definition) is 5. The predicted molar refractivity (Wildman–Crippen MR) is 107 cm³/mol. The van der Waals surface area contributed by atoms with Crippen LogP contribution in [0.4, 0.5) is 0 Å². The van der Waals surface area contributed by atoms with Crippen LogP contribution in [-0.2, 0) is 10.0 Å². The first-order valence-corrected chi connectivity index (χ1v) is 11.3. The smallest absolute Gasteiger partial charge is 0.266 e. The Morgan fingerprint density at radius 2 is 1.59 bits per heavy atom. The molecule has 0 atom stereocenters. The summed E-state index contributed by atoms with van der Waals surface area (Å²) in [7, 11) is -3.87. The molecule has 1 heterocycles. The van der Waals surface area contributed by atoms with Crippen LogP contribution in [0.5, 0.6) is 11.5 Å². The number of amides is 1. The maximum absolute atomic E-state index is 12.5. The van der Waals surface area contributed by atoms with Gasteiger partial charge in [-0.3, -0.25) is 10.2 Å². The van der Waals surface area contributed by atoms with Crippen molar-refractivity contribution in [2.75, 3.05) is 13.2 Å². The van der Waals surface area contributed by atoms with Crippen molar-refractivity contribution in [2.24, 2.45) is 0 Å². The number of nitrogens with one attached hydrogen (secondary N) is 2. The molecule has 0 saturated heterocycles. The number of benzene rings is 2. The maximum atomic E-state index is 12.5. The van der Waals surface area contributed by atoms with Crippen molar-refractivity contribution in [3.8, 4) is 11.5 Å². The van der Waals surface area contributed by atoms with Crippen molar-refractivity contribution >= 4 is 15.9 Å². The van der Waals surface area contributed by atoms with E-state index < -0.39 is 15.9 Å². The van der Waals surface area contributed by atoms with Gasteiger partial charge >= 0.3 is 0 Å². The van der Waals surface area contributed by atoms with Crippen LogP contribution < -0.4 is 19.7 Å². The third-order valence-electron chi connectivity index (χ3n) is 5.37. The molecule has 4 rings (SSSR count). The number of rotatable bonds is 5. The van der Waals surface area contributed by atoms with E-state index in [1.165, 1.54) is 30.9 Å². The second kappa shape index (κ2) is 8.42. The fourth-order valence-electron chi connectivity index (χ4n) is 3.78. The minimum Gasteiger partial charge on any atom is -0.486 e. The minimum absolute atomic E-state index is 0.111. The minimum atomic E-state index is -3.87. The highest BCUT2D eigenvalue weighted by molar-refractivity contribution is 7.89. The number of carbonyl (C=O) groups excluding carboxylic acids is 1. The van der Waals surface area contributed by atoms with Crippen LogP contribution in [0, 0.1) is 0 Å². The van der Waals surface area contributed by atoms with E-state index in [4.69, 9.17) is 9.47 Å². The number of hydrazine groups is 1. The van der Waals surface area contributed by atoms with Crippen molar-refractivity contribution in [2.45, 2.75) is 42.9 Å². The summed E-state index contributed by atoms with van der Waals surface area (Å²) < 4.78 is 35.9. The summed E-state index contributed by atoms with van der Waals surface area (Å²) in [6.45, 7) is 0.861. The van der Waals surface area contributed by atoms with Crippen LogP contribution in [0.15, 0.2) is 47.4 Å². The quantitative estimate of drug-likeness (QED) is 0.731. The van der Waals surface area contributed by atoms with Crippen molar-refractivity contribution < 1.29 is 22.7 Å². The first-order valence-electron chi connectivity index (χ1n) is 9.85. The molecule has 2 aliphatic rings. The number of carbonyl (C=O) groups is 1. The third kappa shape index (κ3) is 4.54. The lowest BCUT2D eigenvalue weighted by atomic mass is 9.84. The third-order valence-corrected chi connectivity index (χ3v) is 6.63. The summed E-state index contributed by atoms with van der Waals surface area (Å²) in [5, 5.41) is 0. The van der Waals surface area contributed by atoms with Gasteiger partial charge in [-0.2, -0.15) is 0 Å². The molecular formula is C21H24N2O5S. The van der Waals surface area contributed by atoms with Gasteiger partial charge in [-0.25, -0.2) is 8.42 Å². The molecule has 2 N–H and O–H groups in total. The Hall–Kier alpha value is -2.58. The largest absolute Gasteiger partial charge is 0.486 e. The van der Waals surface area contributed by atoms with Crippen LogP contribution in [0.1, 0.15) is 53.9 Å². The Labute approximate surface area is 170 Å². The molecule has 0 unspecified atom stereocenters. The van der Waals surface area contributed by atoms with Crippen molar-refractivity contribution in [1.82, 2.24) is 10.3 Å². The Bertz CT molecular complexity index is 983. The highest BCUT2D eigenvalue weighted by atomic mass is 32.2. The Kier molecular flexibility index (Phi) is 5.73. The fraction of sp³-hybridized carbons (Fsp3) is 0.381. The molecule has 29 heavy (non-hydrogen) atoms. The number of hydrogen-bond donors (Lipinski definition) is 2. The summed E-state index contributed by atoms with van der Waals surface area (Å²) in [6.07, 6.45) is 6.01. The molecule has 7 nitrogen and oxygen atoms in total. The Morgan fingerprint density at radius 1 is 0.897 bits per heavy atom. The molecule has 1 amide bonds. The van der Waals surface area contributed by atoms with E-state index in [1.54, 1.807) is 24.3 Å². The van der Waals surface area contributed by atoms with Crippen LogP contribution in [0.25, 0.3) is 0 Å². The van der Waals surface area contributed by atoms with E-state index >= 15 is 0 Å². The summed E-state index contributed by atoms with van der Waals surface area (Å²) in [5.41, 5.74) is 3.69. The van der Waals surface area contributed by atoms with Gasteiger partial charge in [0.2, 0.25) is 0 Å². The Balaban J connectivity index is 1.40. The Morgan fingerprint density at radius 3 is 2.31 bits per heavy atom. The van der Waals surface area contributed by atoms with Crippen molar-refractivity contribution in [3.63, 3.8) is 0 Å². The zero-order valence-corrected chi connectivity index (χ0v) is 16.8. The van der Waals surface area contributed by atoms with Gasteiger partial charge in [-0.15, -0.1) is 4.83 Å². The van der Waals surface area contributed by atoms with Gasteiger partial charge in [0, 0.05) is 5.56 Å². The lowest BCUT2D eigenvalue weighted by Crippen LogP contribution is -2.41. The van der Waals surface area contributed by atoms with E-state index in [2.05, 4.69) is 10.3 Å². The first-order chi connectivity index (χ1) is 14.0. The lowest BCUT2D eigenvalue weighted by Gasteiger charge is -2.22. The van der Waals surface area contributed by atoms with E-state index in [0.29, 0.717) is 30.6 Å². The van der Waals surface area contributed by atoms with Gasteiger partial charge in [0.25, 0.3) is 15.9 Å². The molecule has 0 radical (unpaired) electrons. The molecule has 2 aromatic carbocycles. The summed E-state index contributed by atoms with van der Waals surface area (Å²) in [6, 6.07) is 11.6. The molecule has 1 saturated carbocycles. The first kappa shape index (κ1) is 19.7. The zero-order valence-electron chi connectivity index (χ0n) is 16.0. The van der Waals surface area contributed by atoms with Gasteiger partial charge in [0.15, 0.2) is 11.5 Å². The second-order valence-electron chi connectivity index (χ2n) is 7.32. The van der Waals surface area contributed by atoms with Gasteiger partial charge in [0.1, 0.15) is 13.2 Å². The van der Waals surface area contributed by atoms with Crippen LogP contribution in [0.3, 0.4) is 0 Å². The molecule has 8 heteroatoms. The van der Waals surface area contributed by atoms with E-state index in [0.717, 1.165) is 12.8 Å². The summed E-state index contributed by atoms with van der Waals surface area (Å²) in [4.78, 5) is 14.6. The summed E-state index contributed by atoms with van der Waals surface area (Å²) in [5.74, 6) is 0.948. The van der Waals surface area contributed by atoms with E-state index in [-0.39, 0.29) is 10.5 Å². The standard InChI is InChI=1S/C21H24N2O5S/c24-21(17-8-11-19-20(14-17)28-13-12-27-19)22-23-29(25,26)18-9-6-16(7-10-18)15-4-2-1-3-5-15/h6-11,14-15,23H,1-5,12-13H2,(H,22,24). The molecule has 0 spiro atoms. The fourth-order valence-corrected chi connectivity index (χ4v) is 4.62. The van der Waals surface area contributed by atoms with Crippen LogP contribution in [-0.4, -0.2) is 27.5 Å². The van der Waals surface area contributed by atoms with Crippen molar-refractivity contribution in [3.05, 3.63) is 53.6 Å². The number of fused-ring (bicyclic) bond motifs is 1. The monoisotopic (exact) mass is 416 g/mol. The van der Waals surface area contributed by atoms with E-state index in [1.807, 2.05) is 12.1 Å². The van der Waals surface area contributed by atoms with Crippen LogP contribution >= 0.6 is 0 Å². The topological polar surface area (TPSA) is 93.7 Å². The number of sulfonamides is 1. The van der Waals surface area contributed by atoms with Gasteiger partial charge in [0.05, 0.1) is 4.90 Å². The van der Waals surface area contributed by atoms with Gasteiger partial charge < -0.3 is 9.47 Å². The molecular weight excluding hydrogens is 392 g/mol. The molecule has 0 bridgehead atoms. The molecule has 1 fully saturated rings. The highest BCUT2D eigenvalue weighted by Crippen LogP contribution is 2.33. The van der Waals surface area contributed by atoms with Crippen molar-refractivity contribution in [1.29, 1.82) is 0 Å². The SMILES string of the molecule is O=C(NNS(=O)(=O)c1ccc(C2CCCCC2)cc1)c1ccc2c(c1)OCCO2. The normalized spacial score (nSPS) is 17.0. The van der Waals surface area contributed by atoms with Crippen LogP contribution in [0.2, 0.25) is 0 Å². The average Bonchev–Trinajstić information content (AvgIpc) is 2.78. The average molecular weight is 416 g/mol. The molecule has 154 valence electrons. The molecule has 1 aliphatic carbocycles. The zero-order chi connectivity index (χ0) is 20.3. The van der Waals surface area contributed by atoms with Gasteiger partial charge in [-0.1, -0.05) is 31.4 Å². The molecule has 0 aromatic heterocycles. The number of ether oxygens (including phenoxy) is 2. The van der Waals surface area contributed by atoms with Gasteiger partial charge in [-0.05, 0) is 54.7 Å². The molecule has 1 aliphatic heterocycles. The van der Waals surface area contributed by atoms with E-state index in [9.17, 15) is 13.2 Å². The second-order valence-corrected chi connectivity index (χ2v) is 9.00. The lowest BCUT2D eigenvalue weighted by molar-refractivity contribution is 0.0944. The predicted octanol–water partition coefficient (Wildman–Crippen LogP) is 3.13.